The Balaban J connectivity index is 0.00000208. The summed E-state index contributed by atoms with van der Waals surface area (Å²) in [7, 11) is 0. The molecule has 3 rings (SSSR count). The Kier molecular flexibility index (Phi) is 5.47. The van der Waals surface area contributed by atoms with Crippen molar-refractivity contribution in [3.05, 3.63) is 46.3 Å². The van der Waals surface area contributed by atoms with Crippen molar-refractivity contribution in [1.29, 1.82) is 0 Å². The lowest BCUT2D eigenvalue weighted by atomic mass is 10.2. The molecule has 0 aliphatic heterocycles. The highest BCUT2D eigenvalue weighted by molar-refractivity contribution is 5.91. The summed E-state index contributed by atoms with van der Waals surface area (Å²) in [6.07, 6.45) is 3.65. The molecule has 128 valence electrons. The first kappa shape index (κ1) is 17.8. The highest BCUT2D eigenvalue weighted by atomic mass is 35.5. The summed E-state index contributed by atoms with van der Waals surface area (Å²) in [5.41, 5.74) is 6.47. The molecule has 24 heavy (non-hydrogen) atoms. The van der Waals surface area contributed by atoms with Crippen LogP contribution in [0.4, 0.5) is 5.69 Å². The van der Waals surface area contributed by atoms with Gasteiger partial charge in [-0.15, -0.1) is 17.5 Å². The van der Waals surface area contributed by atoms with E-state index in [1.165, 1.54) is 23.0 Å². The third kappa shape index (κ3) is 4.06. The van der Waals surface area contributed by atoms with Crippen LogP contribution in [0.15, 0.2) is 30.5 Å². The first-order valence-corrected chi connectivity index (χ1v) is 7.25. The number of nitro groups is 1. The number of carbonyl (C=O) groups excluding carboxylic acids is 1. The molecule has 9 nitrogen and oxygen atoms in total. The van der Waals surface area contributed by atoms with E-state index in [0.717, 1.165) is 12.8 Å². The maximum atomic E-state index is 12.0. The SMILES string of the molecule is Cl.NC(CNC(=O)c1cn(-c2cccc([N+](=O)[O-])c2)nn1)C1CC1. The molecule has 1 fully saturated rings. The number of non-ortho nitro benzene ring substituents is 1. The second-order valence-electron chi connectivity index (χ2n) is 5.54. The number of rotatable bonds is 6. The molecule has 1 heterocycles. The summed E-state index contributed by atoms with van der Waals surface area (Å²) < 4.78 is 1.32. The second kappa shape index (κ2) is 7.37. The Bertz CT molecular complexity index is 746. The first-order valence-electron chi connectivity index (χ1n) is 7.25. The van der Waals surface area contributed by atoms with Crippen molar-refractivity contribution >= 4 is 24.0 Å². The van der Waals surface area contributed by atoms with Crippen molar-refractivity contribution in [1.82, 2.24) is 20.3 Å². The molecule has 0 radical (unpaired) electrons. The average molecular weight is 353 g/mol. The van der Waals surface area contributed by atoms with Gasteiger partial charge in [0.25, 0.3) is 11.6 Å². The molecule has 1 aliphatic carbocycles. The van der Waals surface area contributed by atoms with Crippen LogP contribution in [-0.2, 0) is 0 Å². The van der Waals surface area contributed by atoms with E-state index >= 15 is 0 Å². The number of hydrogen-bond acceptors (Lipinski definition) is 6. The predicted octanol–water partition coefficient (Wildman–Crippen LogP) is 1.06. The van der Waals surface area contributed by atoms with E-state index in [-0.39, 0.29) is 35.7 Å². The molecule has 10 heteroatoms. The Morgan fingerprint density at radius 2 is 2.25 bits per heavy atom. The van der Waals surface area contributed by atoms with Gasteiger partial charge < -0.3 is 11.1 Å². The first-order chi connectivity index (χ1) is 11.0. The molecule has 1 aromatic heterocycles. The van der Waals surface area contributed by atoms with Gasteiger partial charge in [-0.05, 0) is 24.8 Å². The van der Waals surface area contributed by atoms with Gasteiger partial charge >= 0.3 is 0 Å². The lowest BCUT2D eigenvalue weighted by molar-refractivity contribution is -0.384. The molecule has 1 atom stereocenters. The standard InChI is InChI=1S/C14H16N6O3.ClH/c15-12(9-4-5-9)7-16-14(21)13-8-19(18-17-13)10-2-1-3-11(6-10)20(22)23;/h1-3,6,8-9,12H,4-5,7,15H2,(H,16,21);1H. The van der Waals surface area contributed by atoms with Gasteiger partial charge in [-0.3, -0.25) is 14.9 Å². The van der Waals surface area contributed by atoms with E-state index in [9.17, 15) is 14.9 Å². The van der Waals surface area contributed by atoms with Crippen molar-refractivity contribution in [2.24, 2.45) is 11.7 Å². The Labute approximate surface area is 143 Å². The van der Waals surface area contributed by atoms with Gasteiger partial charge in [0, 0.05) is 24.7 Å². The van der Waals surface area contributed by atoms with Crippen LogP contribution in [0.25, 0.3) is 5.69 Å². The fraction of sp³-hybridized carbons (Fsp3) is 0.357. The summed E-state index contributed by atoms with van der Waals surface area (Å²) in [4.78, 5) is 22.3. The van der Waals surface area contributed by atoms with Crippen LogP contribution in [0.3, 0.4) is 0 Å². The number of nitro benzene ring substituents is 1. The van der Waals surface area contributed by atoms with Crippen LogP contribution >= 0.6 is 12.4 Å². The van der Waals surface area contributed by atoms with Gasteiger partial charge in [-0.25, -0.2) is 4.68 Å². The van der Waals surface area contributed by atoms with Crippen molar-refractivity contribution in [3.63, 3.8) is 0 Å². The highest BCUT2D eigenvalue weighted by Crippen LogP contribution is 2.31. The van der Waals surface area contributed by atoms with Crippen molar-refractivity contribution < 1.29 is 9.72 Å². The predicted molar refractivity (Wildman–Crippen MR) is 88.3 cm³/mol. The molecule has 1 aromatic carbocycles. The summed E-state index contributed by atoms with van der Waals surface area (Å²) >= 11 is 0. The van der Waals surface area contributed by atoms with E-state index in [4.69, 9.17) is 5.73 Å². The fourth-order valence-electron chi connectivity index (χ4n) is 2.24. The monoisotopic (exact) mass is 352 g/mol. The summed E-state index contributed by atoms with van der Waals surface area (Å²) in [5, 5.41) is 21.1. The highest BCUT2D eigenvalue weighted by Gasteiger charge is 2.28. The molecule has 2 aromatic rings. The van der Waals surface area contributed by atoms with Crippen LogP contribution < -0.4 is 11.1 Å². The number of benzene rings is 1. The minimum atomic E-state index is -0.493. The van der Waals surface area contributed by atoms with Crippen molar-refractivity contribution in [2.45, 2.75) is 18.9 Å². The van der Waals surface area contributed by atoms with Crippen LogP contribution in [-0.4, -0.2) is 38.4 Å². The van der Waals surface area contributed by atoms with Gasteiger partial charge in [0.1, 0.15) is 0 Å². The van der Waals surface area contributed by atoms with E-state index in [1.54, 1.807) is 12.1 Å². The lowest BCUT2D eigenvalue weighted by Gasteiger charge is -2.10. The third-order valence-corrected chi connectivity index (χ3v) is 3.76. The Morgan fingerprint density at radius 1 is 1.50 bits per heavy atom. The molecular weight excluding hydrogens is 336 g/mol. The maximum Gasteiger partial charge on any atom is 0.273 e. The minimum absolute atomic E-state index is 0. The normalized spacial score (nSPS) is 14.5. The summed E-state index contributed by atoms with van der Waals surface area (Å²) in [5.74, 6) is 0.133. The minimum Gasteiger partial charge on any atom is -0.349 e. The van der Waals surface area contributed by atoms with Crippen molar-refractivity contribution in [2.75, 3.05) is 6.54 Å². The lowest BCUT2D eigenvalue weighted by Crippen LogP contribution is -2.38. The number of nitrogens with zero attached hydrogens (tertiary/aromatic N) is 4. The number of nitrogens with one attached hydrogen (secondary N) is 1. The third-order valence-electron chi connectivity index (χ3n) is 3.76. The zero-order valence-electron chi connectivity index (χ0n) is 12.7. The largest absolute Gasteiger partial charge is 0.349 e. The second-order valence-corrected chi connectivity index (χ2v) is 5.54. The van der Waals surface area contributed by atoms with E-state index in [2.05, 4.69) is 15.6 Å². The van der Waals surface area contributed by atoms with Crippen LogP contribution in [0, 0.1) is 16.0 Å². The van der Waals surface area contributed by atoms with Gasteiger partial charge in [0.15, 0.2) is 5.69 Å². The summed E-state index contributed by atoms with van der Waals surface area (Å²) in [6.45, 7) is 0.396. The van der Waals surface area contributed by atoms with E-state index in [0.29, 0.717) is 18.2 Å². The smallest absolute Gasteiger partial charge is 0.273 e. The molecule has 1 amide bonds. The average Bonchev–Trinajstić information content (AvgIpc) is 3.29. The summed E-state index contributed by atoms with van der Waals surface area (Å²) in [6, 6.07) is 5.90. The molecule has 3 N–H and O–H groups in total. The van der Waals surface area contributed by atoms with Gasteiger partial charge in [-0.2, -0.15) is 0 Å². The number of amides is 1. The zero-order chi connectivity index (χ0) is 16.4. The van der Waals surface area contributed by atoms with Gasteiger partial charge in [-0.1, -0.05) is 11.3 Å². The van der Waals surface area contributed by atoms with Crippen LogP contribution in [0.5, 0.6) is 0 Å². The van der Waals surface area contributed by atoms with E-state index < -0.39 is 4.92 Å². The molecule has 0 saturated heterocycles. The number of halogens is 1. The van der Waals surface area contributed by atoms with Crippen LogP contribution in [0.1, 0.15) is 23.3 Å². The van der Waals surface area contributed by atoms with E-state index in [1.807, 2.05) is 0 Å². The van der Waals surface area contributed by atoms with Crippen LogP contribution in [0.2, 0.25) is 0 Å². The zero-order valence-corrected chi connectivity index (χ0v) is 13.5. The molecule has 0 bridgehead atoms. The Morgan fingerprint density at radius 3 is 2.92 bits per heavy atom. The Hall–Kier alpha value is -2.52. The molecule has 0 spiro atoms. The van der Waals surface area contributed by atoms with Crippen molar-refractivity contribution in [3.8, 4) is 5.69 Å². The number of nitrogens with two attached hydrogens (primary N) is 1. The fourth-order valence-corrected chi connectivity index (χ4v) is 2.24. The molecular formula is C14H17ClN6O3. The van der Waals surface area contributed by atoms with Gasteiger partial charge in [0.05, 0.1) is 16.8 Å². The molecule has 1 saturated carbocycles. The topological polar surface area (TPSA) is 129 Å². The molecule has 1 aliphatic rings. The quantitative estimate of drug-likeness (QED) is 0.590. The van der Waals surface area contributed by atoms with Gasteiger partial charge in [0.2, 0.25) is 0 Å². The number of hydrogen-bond donors (Lipinski definition) is 2. The number of carbonyl (C=O) groups is 1. The maximum absolute atomic E-state index is 12.0. The molecule has 1 unspecified atom stereocenters. The number of aromatic nitrogens is 3.